The van der Waals surface area contributed by atoms with Gasteiger partial charge in [0.05, 0.1) is 23.4 Å². The van der Waals surface area contributed by atoms with E-state index in [1.165, 1.54) is 5.01 Å². The van der Waals surface area contributed by atoms with Crippen molar-refractivity contribution >= 4 is 23.0 Å². The van der Waals surface area contributed by atoms with Gasteiger partial charge in [-0.05, 0) is 46.2 Å². The molecule has 2 aromatic heterocycles. The van der Waals surface area contributed by atoms with Gasteiger partial charge in [0.25, 0.3) is 0 Å². The highest BCUT2D eigenvalue weighted by molar-refractivity contribution is 5.77. The largest absolute Gasteiger partial charge is 0.397 e. The molecule has 0 radical (unpaired) electrons. The van der Waals surface area contributed by atoms with E-state index in [1.54, 1.807) is 31.6 Å². The molecule has 0 fully saturated rings. The van der Waals surface area contributed by atoms with Crippen molar-refractivity contribution < 1.29 is 5.11 Å². The molecule has 9 heteroatoms. The van der Waals surface area contributed by atoms with Crippen LogP contribution in [0.1, 0.15) is 44.4 Å². The lowest BCUT2D eigenvalue weighted by Crippen LogP contribution is -2.41. The molecule has 0 aliphatic rings. The molecule has 0 saturated carbocycles. The molecule has 9 nitrogen and oxygen atoms in total. The van der Waals surface area contributed by atoms with Crippen LogP contribution in [0.3, 0.4) is 0 Å². The van der Waals surface area contributed by atoms with Crippen molar-refractivity contribution in [1.29, 1.82) is 5.26 Å². The van der Waals surface area contributed by atoms with E-state index in [4.69, 9.17) is 16.8 Å². The van der Waals surface area contributed by atoms with Gasteiger partial charge in [-0.15, -0.1) is 0 Å². The molecule has 0 aliphatic heterocycles. The lowest BCUT2D eigenvalue weighted by Gasteiger charge is -2.26. The fourth-order valence-corrected chi connectivity index (χ4v) is 2.97. The van der Waals surface area contributed by atoms with Crippen molar-refractivity contribution in [1.82, 2.24) is 15.0 Å². The van der Waals surface area contributed by atoms with E-state index in [1.807, 2.05) is 45.7 Å². The van der Waals surface area contributed by atoms with Crippen LogP contribution in [0.4, 0.5) is 17.3 Å². The summed E-state index contributed by atoms with van der Waals surface area (Å²) in [6.07, 6.45) is 4.21. The van der Waals surface area contributed by atoms with Crippen molar-refractivity contribution in [2.24, 2.45) is 11.6 Å². The molecule has 0 amide bonds. The highest BCUT2D eigenvalue weighted by Gasteiger charge is 2.17. The zero-order valence-corrected chi connectivity index (χ0v) is 19.0. The van der Waals surface area contributed by atoms with Gasteiger partial charge in [-0.1, -0.05) is 0 Å². The number of aryl methyl sites for hydroxylation is 1. The Labute approximate surface area is 184 Å². The first-order valence-corrected chi connectivity index (χ1v) is 10.1. The highest BCUT2D eigenvalue weighted by atomic mass is 16.3. The summed E-state index contributed by atoms with van der Waals surface area (Å²) in [5, 5.41) is 23.6. The van der Waals surface area contributed by atoms with Crippen molar-refractivity contribution in [3.05, 3.63) is 47.4 Å². The summed E-state index contributed by atoms with van der Waals surface area (Å²) < 4.78 is 0. The van der Waals surface area contributed by atoms with Crippen LogP contribution < -0.4 is 21.8 Å². The topological polar surface area (TPSA) is 140 Å². The second-order valence-corrected chi connectivity index (χ2v) is 7.94. The number of hydrogen-bond acceptors (Lipinski definition) is 9. The fourth-order valence-electron chi connectivity index (χ4n) is 2.97. The molecule has 2 heterocycles. The number of rotatable bonds is 8. The molecule has 166 valence electrons. The Morgan fingerprint density at radius 1 is 1.23 bits per heavy atom. The zero-order chi connectivity index (χ0) is 23.3. The maximum Gasteiger partial charge on any atom is 0.136 e. The van der Waals surface area contributed by atoms with Gasteiger partial charge in [-0.2, -0.15) is 5.26 Å². The monoisotopic (exact) mass is 424 g/mol. The third-order valence-electron chi connectivity index (χ3n) is 4.94. The van der Waals surface area contributed by atoms with Gasteiger partial charge in [0.2, 0.25) is 0 Å². The summed E-state index contributed by atoms with van der Waals surface area (Å²) in [6.45, 7) is 9.45. The Morgan fingerprint density at radius 2 is 1.90 bits per heavy atom. The summed E-state index contributed by atoms with van der Waals surface area (Å²) in [5.74, 6) is 7.41. The van der Waals surface area contributed by atoms with Crippen LogP contribution >= 0.6 is 0 Å². The van der Waals surface area contributed by atoms with Gasteiger partial charge < -0.3 is 26.1 Å². The third kappa shape index (κ3) is 5.84. The maximum atomic E-state index is 9.76. The average Bonchev–Trinajstić information content (AvgIpc) is 2.71. The number of nitrogens with two attached hydrogens (primary N) is 2. The number of aromatic nitrogens is 2. The molecule has 31 heavy (non-hydrogen) atoms. The van der Waals surface area contributed by atoms with Crippen LogP contribution in [0.15, 0.2) is 30.7 Å². The van der Waals surface area contributed by atoms with E-state index in [9.17, 15) is 5.11 Å². The third-order valence-corrected chi connectivity index (χ3v) is 4.94. The van der Waals surface area contributed by atoms with Crippen LogP contribution in [0, 0.1) is 18.3 Å². The minimum atomic E-state index is -0.611. The first kappa shape index (κ1) is 23.9. The molecule has 1 unspecified atom stereocenters. The lowest BCUT2D eigenvalue weighted by molar-refractivity contribution is 0.0987. The molecule has 0 saturated heterocycles. The van der Waals surface area contributed by atoms with E-state index in [0.29, 0.717) is 28.5 Å². The number of nitrogens with one attached hydrogen (secondary N) is 1. The van der Waals surface area contributed by atoms with E-state index < -0.39 is 6.10 Å². The zero-order valence-electron chi connectivity index (χ0n) is 19.0. The smallest absolute Gasteiger partial charge is 0.136 e. The SMILES string of the molecule is Cc1cc(C#N)cnc1N(C)c1cc(NC(C)C)c(/C(N)=C/N(N)C(C)[C@H](C)O)cn1. The van der Waals surface area contributed by atoms with E-state index >= 15 is 0 Å². The van der Waals surface area contributed by atoms with Crippen molar-refractivity contribution in [2.45, 2.75) is 52.8 Å². The van der Waals surface area contributed by atoms with E-state index in [-0.39, 0.29) is 12.1 Å². The van der Waals surface area contributed by atoms with Crippen LogP contribution in [0.25, 0.3) is 5.70 Å². The normalized spacial score (nSPS) is 13.5. The van der Waals surface area contributed by atoms with Gasteiger partial charge in [-0.25, -0.2) is 15.8 Å². The molecule has 2 aromatic rings. The Kier molecular flexibility index (Phi) is 7.80. The molecule has 0 aromatic carbocycles. The summed E-state index contributed by atoms with van der Waals surface area (Å²) in [7, 11) is 1.87. The second-order valence-electron chi connectivity index (χ2n) is 7.94. The lowest BCUT2D eigenvalue weighted by atomic mass is 10.1. The van der Waals surface area contributed by atoms with E-state index in [2.05, 4.69) is 21.4 Å². The maximum absolute atomic E-state index is 9.76. The number of aliphatic hydroxyl groups excluding tert-OH is 1. The highest BCUT2D eigenvalue weighted by Crippen LogP contribution is 2.29. The van der Waals surface area contributed by atoms with Gasteiger partial charge >= 0.3 is 0 Å². The number of hydrogen-bond donors (Lipinski definition) is 4. The summed E-state index contributed by atoms with van der Waals surface area (Å²) in [5.41, 5.74) is 9.62. The number of pyridine rings is 2. The predicted molar refractivity (Wildman–Crippen MR) is 124 cm³/mol. The Hall–Kier alpha value is -3.35. The second kappa shape index (κ2) is 10.1. The predicted octanol–water partition coefficient (Wildman–Crippen LogP) is 2.45. The molecular weight excluding hydrogens is 392 g/mol. The molecular formula is C22H32N8O. The van der Waals surface area contributed by atoms with Crippen molar-refractivity contribution in [3.63, 3.8) is 0 Å². The minimum Gasteiger partial charge on any atom is -0.397 e. The van der Waals surface area contributed by atoms with Gasteiger partial charge in [0, 0.05) is 49.0 Å². The molecule has 2 rings (SSSR count). The Bertz CT molecular complexity index is 980. The summed E-state index contributed by atoms with van der Waals surface area (Å²) in [6, 6.07) is 5.64. The van der Waals surface area contributed by atoms with Gasteiger partial charge in [-0.3, -0.25) is 0 Å². The summed E-state index contributed by atoms with van der Waals surface area (Å²) in [4.78, 5) is 10.8. The molecule has 0 bridgehead atoms. The van der Waals surface area contributed by atoms with E-state index in [0.717, 1.165) is 11.3 Å². The minimum absolute atomic E-state index is 0.159. The summed E-state index contributed by atoms with van der Waals surface area (Å²) >= 11 is 0. The standard InChI is InChI=1S/C22H32N8O/c1-13(2)28-20-8-21(29(6)22-14(3)7-17(9-23)10-27-22)26-11-18(20)19(24)12-30(25)15(4)16(5)31/h7-8,10-13,15-16,31H,24-25H2,1-6H3,(H,26,28)/b19-12-/t15?,16-/m0/s1. The van der Waals surface area contributed by atoms with Gasteiger partial charge in [0.15, 0.2) is 0 Å². The Morgan fingerprint density at radius 3 is 2.45 bits per heavy atom. The number of anilines is 3. The van der Waals surface area contributed by atoms with Crippen LogP contribution in [0.5, 0.6) is 0 Å². The average molecular weight is 425 g/mol. The van der Waals surface area contributed by atoms with Crippen molar-refractivity contribution in [3.8, 4) is 6.07 Å². The Balaban J connectivity index is 2.44. The van der Waals surface area contributed by atoms with Crippen LogP contribution in [-0.4, -0.2) is 45.3 Å². The van der Waals surface area contributed by atoms with Crippen LogP contribution in [-0.2, 0) is 0 Å². The quantitative estimate of drug-likeness (QED) is 0.371. The first-order valence-electron chi connectivity index (χ1n) is 10.1. The van der Waals surface area contributed by atoms with Crippen LogP contribution in [0.2, 0.25) is 0 Å². The van der Waals surface area contributed by atoms with Crippen molar-refractivity contribution in [2.75, 3.05) is 17.3 Å². The van der Waals surface area contributed by atoms with Gasteiger partial charge in [0.1, 0.15) is 17.7 Å². The molecule has 0 spiro atoms. The number of hydrazine groups is 1. The number of nitrogens with zero attached hydrogens (tertiary/aromatic N) is 5. The first-order chi connectivity index (χ1) is 14.5. The molecule has 6 N–H and O–H groups in total. The molecule has 2 atom stereocenters. The molecule has 0 aliphatic carbocycles. The number of aliphatic hydroxyl groups is 1. The number of nitriles is 1. The fraction of sp³-hybridized carbons (Fsp3) is 0.409.